The predicted octanol–water partition coefficient (Wildman–Crippen LogP) is 4.46. The second kappa shape index (κ2) is 9.28. The Balaban J connectivity index is 1.78. The van der Waals surface area contributed by atoms with Crippen molar-refractivity contribution in [2.75, 3.05) is 18.5 Å². The summed E-state index contributed by atoms with van der Waals surface area (Å²) in [5, 5.41) is 6.96. The van der Waals surface area contributed by atoms with Crippen LogP contribution in [0.5, 0.6) is 11.5 Å². The van der Waals surface area contributed by atoms with E-state index in [0.717, 1.165) is 17.2 Å². The molecule has 0 saturated heterocycles. The highest BCUT2D eigenvalue weighted by Gasteiger charge is 2.06. The average molecular weight is 359 g/mol. The van der Waals surface area contributed by atoms with Crippen molar-refractivity contribution in [3.05, 3.63) is 53.6 Å². The van der Waals surface area contributed by atoms with E-state index in [2.05, 4.69) is 36.6 Å². The van der Waals surface area contributed by atoms with Gasteiger partial charge in [-0.25, -0.2) is 0 Å². The third-order valence-corrected chi connectivity index (χ3v) is 4.00. The molecule has 0 spiro atoms. The Hall–Kier alpha value is -2.27. The number of rotatable bonds is 7. The third-order valence-electron chi connectivity index (χ3n) is 3.78. The molecule has 4 nitrogen and oxygen atoms in total. The molecule has 0 aliphatic carbocycles. The van der Waals surface area contributed by atoms with Gasteiger partial charge in [-0.15, -0.1) is 0 Å². The zero-order valence-corrected chi connectivity index (χ0v) is 16.1. The van der Waals surface area contributed by atoms with Gasteiger partial charge in [0, 0.05) is 5.69 Å². The van der Waals surface area contributed by atoms with Crippen molar-refractivity contribution in [1.29, 1.82) is 0 Å². The van der Waals surface area contributed by atoms with E-state index in [9.17, 15) is 0 Å². The number of anilines is 1. The Kier molecular flexibility index (Phi) is 7.07. The van der Waals surface area contributed by atoms with Crippen LogP contribution in [0.1, 0.15) is 25.0 Å². The first-order valence-corrected chi connectivity index (χ1v) is 8.89. The van der Waals surface area contributed by atoms with Gasteiger partial charge < -0.3 is 20.1 Å². The number of hydrogen-bond donors (Lipinski definition) is 2. The van der Waals surface area contributed by atoms with E-state index in [1.54, 1.807) is 0 Å². The maximum atomic E-state index is 5.83. The fraction of sp³-hybridized carbons (Fsp3) is 0.350. The molecule has 2 rings (SSSR count). The predicted molar refractivity (Wildman–Crippen MR) is 108 cm³/mol. The molecular formula is C20H26N2O2S. The number of ether oxygens (including phenoxy) is 2. The monoisotopic (exact) mass is 358 g/mol. The summed E-state index contributed by atoms with van der Waals surface area (Å²) in [6.07, 6.45) is 0. The molecule has 2 aromatic rings. The molecule has 134 valence electrons. The second-order valence-electron chi connectivity index (χ2n) is 6.01. The molecule has 0 fully saturated rings. The lowest BCUT2D eigenvalue weighted by molar-refractivity contribution is 0.287. The quantitative estimate of drug-likeness (QED) is 0.716. The minimum atomic E-state index is 0.0873. The first-order valence-electron chi connectivity index (χ1n) is 8.48. The Labute approximate surface area is 155 Å². The van der Waals surface area contributed by atoms with Crippen molar-refractivity contribution in [1.82, 2.24) is 5.32 Å². The zero-order chi connectivity index (χ0) is 18.2. The summed E-state index contributed by atoms with van der Waals surface area (Å²) in [5.74, 6) is 1.73. The number of nitrogens with one attached hydrogen (secondary N) is 2. The van der Waals surface area contributed by atoms with Gasteiger partial charge in [-0.3, -0.25) is 0 Å². The summed E-state index contributed by atoms with van der Waals surface area (Å²) in [5.41, 5.74) is 3.41. The van der Waals surface area contributed by atoms with Gasteiger partial charge in [-0.2, -0.15) is 0 Å². The van der Waals surface area contributed by atoms with Gasteiger partial charge in [-0.1, -0.05) is 6.07 Å². The van der Waals surface area contributed by atoms with Crippen molar-refractivity contribution in [3.63, 3.8) is 0 Å². The van der Waals surface area contributed by atoms with Crippen molar-refractivity contribution in [3.8, 4) is 11.5 Å². The lowest BCUT2D eigenvalue weighted by Gasteiger charge is -2.18. The molecule has 2 N–H and O–H groups in total. The van der Waals surface area contributed by atoms with E-state index in [1.807, 2.05) is 44.2 Å². The Morgan fingerprint density at radius 1 is 1.00 bits per heavy atom. The number of thiocarbonyl (C=S) groups is 1. The first kappa shape index (κ1) is 19.1. The molecule has 1 atom stereocenters. The molecule has 0 aliphatic heterocycles. The number of aryl methyl sites for hydroxylation is 2. The van der Waals surface area contributed by atoms with E-state index < -0.39 is 0 Å². The van der Waals surface area contributed by atoms with Crippen LogP contribution in [0.2, 0.25) is 0 Å². The van der Waals surface area contributed by atoms with Crippen molar-refractivity contribution >= 4 is 23.0 Å². The van der Waals surface area contributed by atoms with Crippen LogP contribution >= 0.6 is 12.2 Å². The number of hydrogen-bond acceptors (Lipinski definition) is 3. The van der Waals surface area contributed by atoms with Gasteiger partial charge in [0.15, 0.2) is 5.11 Å². The van der Waals surface area contributed by atoms with E-state index in [-0.39, 0.29) is 6.04 Å². The van der Waals surface area contributed by atoms with Crippen molar-refractivity contribution in [2.45, 2.75) is 33.7 Å². The van der Waals surface area contributed by atoms with Crippen LogP contribution in [0, 0.1) is 13.8 Å². The Morgan fingerprint density at radius 3 is 2.32 bits per heavy atom. The summed E-state index contributed by atoms with van der Waals surface area (Å²) in [7, 11) is 0. The lowest BCUT2D eigenvalue weighted by Crippen LogP contribution is -2.39. The molecule has 0 bridgehead atoms. The molecule has 0 aromatic heterocycles. The highest BCUT2D eigenvalue weighted by Crippen LogP contribution is 2.17. The van der Waals surface area contributed by atoms with Gasteiger partial charge >= 0.3 is 0 Å². The molecule has 0 amide bonds. The Morgan fingerprint density at radius 2 is 1.68 bits per heavy atom. The minimum absolute atomic E-state index is 0.0873. The SMILES string of the molecule is CCOc1ccc(NC(=S)N[C@H](C)COc2ccc(C)c(C)c2)cc1. The van der Waals surface area contributed by atoms with Crippen LogP contribution in [-0.4, -0.2) is 24.4 Å². The fourth-order valence-corrected chi connectivity index (χ4v) is 2.58. The van der Waals surface area contributed by atoms with Crippen LogP contribution in [0.15, 0.2) is 42.5 Å². The van der Waals surface area contributed by atoms with Crippen LogP contribution in [0.25, 0.3) is 0 Å². The van der Waals surface area contributed by atoms with Crippen molar-refractivity contribution in [2.24, 2.45) is 0 Å². The normalized spacial score (nSPS) is 11.5. The van der Waals surface area contributed by atoms with E-state index in [0.29, 0.717) is 18.3 Å². The third kappa shape index (κ3) is 6.27. The molecule has 0 heterocycles. The van der Waals surface area contributed by atoms with Crippen LogP contribution in [0.3, 0.4) is 0 Å². The number of benzene rings is 2. The minimum Gasteiger partial charge on any atom is -0.494 e. The highest BCUT2D eigenvalue weighted by atomic mass is 32.1. The van der Waals surface area contributed by atoms with E-state index >= 15 is 0 Å². The van der Waals surface area contributed by atoms with Crippen LogP contribution in [0.4, 0.5) is 5.69 Å². The van der Waals surface area contributed by atoms with Gasteiger partial charge in [0.1, 0.15) is 18.1 Å². The van der Waals surface area contributed by atoms with Gasteiger partial charge in [-0.05, 0) is 87.4 Å². The molecule has 0 unspecified atom stereocenters. The summed E-state index contributed by atoms with van der Waals surface area (Å²) >= 11 is 5.36. The molecule has 2 aromatic carbocycles. The molecule has 5 heteroatoms. The molecular weight excluding hydrogens is 332 g/mol. The second-order valence-corrected chi connectivity index (χ2v) is 6.42. The van der Waals surface area contributed by atoms with Crippen LogP contribution in [-0.2, 0) is 0 Å². The molecule has 25 heavy (non-hydrogen) atoms. The molecule has 0 saturated carbocycles. The molecule has 0 aliphatic rings. The van der Waals surface area contributed by atoms with Gasteiger partial charge in [0.2, 0.25) is 0 Å². The first-order chi connectivity index (χ1) is 12.0. The average Bonchev–Trinajstić information content (AvgIpc) is 2.58. The zero-order valence-electron chi connectivity index (χ0n) is 15.3. The maximum absolute atomic E-state index is 5.83. The van der Waals surface area contributed by atoms with E-state index in [4.69, 9.17) is 21.7 Å². The summed E-state index contributed by atoms with van der Waals surface area (Å²) in [6.45, 7) is 9.37. The van der Waals surface area contributed by atoms with Crippen LogP contribution < -0.4 is 20.1 Å². The summed E-state index contributed by atoms with van der Waals surface area (Å²) in [4.78, 5) is 0. The highest BCUT2D eigenvalue weighted by molar-refractivity contribution is 7.80. The smallest absolute Gasteiger partial charge is 0.171 e. The maximum Gasteiger partial charge on any atom is 0.171 e. The largest absolute Gasteiger partial charge is 0.494 e. The molecule has 0 radical (unpaired) electrons. The lowest BCUT2D eigenvalue weighted by atomic mass is 10.1. The van der Waals surface area contributed by atoms with Gasteiger partial charge in [0.05, 0.1) is 12.6 Å². The topological polar surface area (TPSA) is 42.5 Å². The Bertz CT molecular complexity index is 701. The summed E-state index contributed by atoms with van der Waals surface area (Å²) < 4.78 is 11.3. The van der Waals surface area contributed by atoms with Gasteiger partial charge in [0.25, 0.3) is 0 Å². The van der Waals surface area contributed by atoms with E-state index in [1.165, 1.54) is 11.1 Å². The standard InChI is InChI=1S/C20H26N2O2S/c1-5-23-18-10-7-17(8-11-18)22-20(25)21-16(4)13-24-19-9-6-14(2)15(3)12-19/h6-12,16H,5,13H2,1-4H3,(H2,21,22,25)/t16-/m1/s1. The summed E-state index contributed by atoms with van der Waals surface area (Å²) in [6, 6.07) is 13.9. The van der Waals surface area contributed by atoms with Crippen molar-refractivity contribution < 1.29 is 9.47 Å². The fourth-order valence-electron chi connectivity index (χ4n) is 2.26.